The second-order valence-electron chi connectivity index (χ2n) is 7.23. The third-order valence-corrected chi connectivity index (χ3v) is 4.71. The smallest absolute Gasteiger partial charge is 0.222 e. The first-order valence-electron chi connectivity index (χ1n) is 9.08. The molecule has 1 amide bonds. The van der Waals surface area contributed by atoms with Crippen molar-refractivity contribution in [1.29, 1.82) is 0 Å². The molecule has 0 unspecified atom stereocenters. The number of ether oxygens (including phenoxy) is 2. The van der Waals surface area contributed by atoms with Crippen LogP contribution in [0.1, 0.15) is 51.0 Å². The molecular weight excluding hydrogens is 330 g/mol. The molecule has 0 bridgehead atoms. The molecule has 140 valence electrons. The highest BCUT2D eigenvalue weighted by atomic mass is 16.5. The minimum absolute atomic E-state index is 0.0326. The van der Waals surface area contributed by atoms with Crippen molar-refractivity contribution >= 4 is 5.91 Å². The van der Waals surface area contributed by atoms with E-state index < -0.39 is 0 Å². The maximum atomic E-state index is 12.5. The van der Waals surface area contributed by atoms with E-state index in [1.165, 1.54) is 0 Å². The summed E-state index contributed by atoms with van der Waals surface area (Å²) >= 11 is 0. The van der Waals surface area contributed by atoms with Crippen LogP contribution < -0.4 is 14.8 Å². The Morgan fingerprint density at radius 2 is 2.27 bits per heavy atom. The maximum absolute atomic E-state index is 12.5. The van der Waals surface area contributed by atoms with Crippen LogP contribution in [-0.4, -0.2) is 28.2 Å². The molecule has 0 aliphatic carbocycles. The zero-order chi connectivity index (χ0) is 18.7. The molecule has 0 radical (unpaired) electrons. The van der Waals surface area contributed by atoms with Crippen molar-refractivity contribution < 1.29 is 14.3 Å². The van der Waals surface area contributed by atoms with Gasteiger partial charge in [-0.2, -0.15) is 0 Å². The topological polar surface area (TPSA) is 65.4 Å². The van der Waals surface area contributed by atoms with Gasteiger partial charge in [-0.15, -0.1) is 0 Å². The molecule has 1 aromatic carbocycles. The van der Waals surface area contributed by atoms with Gasteiger partial charge in [-0.1, -0.05) is 6.92 Å². The summed E-state index contributed by atoms with van der Waals surface area (Å²) in [5.74, 6) is 2.56. The number of aryl methyl sites for hydroxylation is 2. The Morgan fingerprint density at radius 1 is 1.46 bits per heavy atom. The van der Waals surface area contributed by atoms with Gasteiger partial charge in [0, 0.05) is 49.8 Å². The van der Waals surface area contributed by atoms with Crippen molar-refractivity contribution in [3.63, 3.8) is 0 Å². The fourth-order valence-corrected chi connectivity index (χ4v) is 3.43. The van der Waals surface area contributed by atoms with Crippen LogP contribution in [0.5, 0.6) is 11.5 Å². The summed E-state index contributed by atoms with van der Waals surface area (Å²) in [5, 5.41) is 3.17. The first-order chi connectivity index (χ1) is 12.4. The van der Waals surface area contributed by atoms with Crippen LogP contribution in [0.4, 0.5) is 0 Å². The number of benzene rings is 1. The summed E-state index contributed by atoms with van der Waals surface area (Å²) in [6.45, 7) is 6.77. The molecule has 3 rings (SSSR count). The quantitative estimate of drug-likeness (QED) is 0.862. The zero-order valence-corrected chi connectivity index (χ0v) is 15.9. The van der Waals surface area contributed by atoms with Crippen molar-refractivity contribution in [1.82, 2.24) is 14.9 Å². The molecule has 2 aromatic rings. The van der Waals surface area contributed by atoms with E-state index in [1.807, 2.05) is 42.8 Å². The molecule has 1 N–H and O–H groups in total. The molecule has 26 heavy (non-hydrogen) atoms. The minimum Gasteiger partial charge on any atom is -0.497 e. The van der Waals surface area contributed by atoms with Gasteiger partial charge in [-0.05, 0) is 26.0 Å². The second kappa shape index (κ2) is 7.40. The molecular formula is C20H27N3O3. The lowest BCUT2D eigenvalue weighted by Gasteiger charge is -2.38. The van der Waals surface area contributed by atoms with E-state index in [0.29, 0.717) is 13.0 Å². The van der Waals surface area contributed by atoms with E-state index in [9.17, 15) is 4.79 Å². The zero-order valence-electron chi connectivity index (χ0n) is 15.9. The molecule has 1 aliphatic heterocycles. The summed E-state index contributed by atoms with van der Waals surface area (Å²) < 4.78 is 13.4. The largest absolute Gasteiger partial charge is 0.497 e. The van der Waals surface area contributed by atoms with Gasteiger partial charge >= 0.3 is 0 Å². The van der Waals surface area contributed by atoms with Crippen LogP contribution in [0, 0.1) is 0 Å². The van der Waals surface area contributed by atoms with E-state index >= 15 is 0 Å². The van der Waals surface area contributed by atoms with Crippen molar-refractivity contribution in [2.24, 2.45) is 0 Å². The molecule has 1 atom stereocenters. The SMILES string of the molecule is CCc1nccn1CCC(=O)N[C@H]1CC(C)(C)Oc2cc(OC)ccc21. The molecule has 1 aromatic heterocycles. The Bertz CT molecular complexity index is 782. The highest BCUT2D eigenvalue weighted by Gasteiger charge is 2.34. The van der Waals surface area contributed by atoms with Crippen LogP contribution >= 0.6 is 0 Å². The Hall–Kier alpha value is -2.50. The predicted octanol–water partition coefficient (Wildman–Crippen LogP) is 3.26. The van der Waals surface area contributed by atoms with Crippen molar-refractivity contribution in [2.75, 3.05) is 7.11 Å². The van der Waals surface area contributed by atoms with Crippen LogP contribution in [0.3, 0.4) is 0 Å². The van der Waals surface area contributed by atoms with Gasteiger partial charge in [0.05, 0.1) is 13.2 Å². The van der Waals surface area contributed by atoms with E-state index in [-0.39, 0.29) is 17.6 Å². The highest BCUT2D eigenvalue weighted by Crippen LogP contribution is 2.41. The molecule has 1 aliphatic rings. The fraction of sp³-hybridized carbons (Fsp3) is 0.500. The Morgan fingerprint density at radius 3 is 3.00 bits per heavy atom. The molecule has 0 fully saturated rings. The Kier molecular flexibility index (Phi) is 5.20. The summed E-state index contributed by atoms with van der Waals surface area (Å²) in [5.41, 5.74) is 0.646. The van der Waals surface area contributed by atoms with E-state index in [4.69, 9.17) is 9.47 Å². The average molecular weight is 357 g/mol. The van der Waals surface area contributed by atoms with E-state index in [0.717, 1.165) is 35.7 Å². The molecule has 2 heterocycles. The first-order valence-corrected chi connectivity index (χ1v) is 9.08. The van der Waals surface area contributed by atoms with Crippen LogP contribution in [0.25, 0.3) is 0 Å². The summed E-state index contributed by atoms with van der Waals surface area (Å²) in [7, 11) is 1.63. The monoisotopic (exact) mass is 357 g/mol. The Balaban J connectivity index is 1.70. The van der Waals surface area contributed by atoms with Gasteiger partial charge in [0.2, 0.25) is 5.91 Å². The van der Waals surface area contributed by atoms with Gasteiger partial charge in [0.15, 0.2) is 0 Å². The maximum Gasteiger partial charge on any atom is 0.222 e. The molecule has 0 saturated heterocycles. The van der Waals surface area contributed by atoms with Crippen LogP contribution in [-0.2, 0) is 17.8 Å². The van der Waals surface area contributed by atoms with Gasteiger partial charge in [0.1, 0.15) is 22.9 Å². The number of hydrogen-bond donors (Lipinski definition) is 1. The number of hydrogen-bond acceptors (Lipinski definition) is 4. The van der Waals surface area contributed by atoms with Crippen LogP contribution in [0.2, 0.25) is 0 Å². The number of imidazole rings is 1. The number of nitrogens with zero attached hydrogens (tertiary/aromatic N) is 2. The number of methoxy groups -OCH3 is 1. The lowest BCUT2D eigenvalue weighted by atomic mass is 9.89. The molecule has 0 saturated carbocycles. The number of rotatable bonds is 6. The molecule has 0 spiro atoms. The van der Waals surface area contributed by atoms with Crippen LogP contribution in [0.15, 0.2) is 30.6 Å². The van der Waals surface area contributed by atoms with Gasteiger partial charge in [-0.25, -0.2) is 4.98 Å². The first kappa shape index (κ1) is 18.3. The number of amides is 1. The third-order valence-electron chi connectivity index (χ3n) is 4.71. The summed E-state index contributed by atoms with van der Waals surface area (Å²) in [6, 6.07) is 5.69. The lowest BCUT2D eigenvalue weighted by molar-refractivity contribution is -0.122. The molecule has 6 nitrogen and oxygen atoms in total. The highest BCUT2D eigenvalue weighted by molar-refractivity contribution is 5.76. The van der Waals surface area contributed by atoms with Gasteiger partial charge < -0.3 is 19.4 Å². The minimum atomic E-state index is -0.350. The number of nitrogens with one attached hydrogen (secondary N) is 1. The van der Waals surface area contributed by atoms with Gasteiger partial charge in [0.25, 0.3) is 0 Å². The normalized spacial score (nSPS) is 17.9. The van der Waals surface area contributed by atoms with E-state index in [1.54, 1.807) is 13.3 Å². The fourth-order valence-electron chi connectivity index (χ4n) is 3.43. The molecule has 6 heteroatoms. The van der Waals surface area contributed by atoms with Crippen molar-refractivity contribution in [2.45, 2.75) is 58.2 Å². The summed E-state index contributed by atoms with van der Waals surface area (Å²) in [6.07, 6.45) is 5.71. The van der Waals surface area contributed by atoms with Crippen molar-refractivity contribution in [3.05, 3.63) is 42.0 Å². The number of fused-ring (bicyclic) bond motifs is 1. The van der Waals surface area contributed by atoms with Crippen molar-refractivity contribution in [3.8, 4) is 11.5 Å². The average Bonchev–Trinajstić information content (AvgIpc) is 3.06. The third kappa shape index (κ3) is 4.00. The van der Waals surface area contributed by atoms with Gasteiger partial charge in [-0.3, -0.25) is 4.79 Å². The standard InChI is InChI=1S/C20H27N3O3/c1-5-18-21-9-11-23(18)10-8-19(24)22-16-13-20(2,3)26-17-12-14(25-4)6-7-15(16)17/h6-7,9,11-12,16H,5,8,10,13H2,1-4H3,(H,22,24)/t16-/m0/s1. The lowest BCUT2D eigenvalue weighted by Crippen LogP contribution is -2.41. The Labute approximate surface area is 154 Å². The number of carbonyl (C=O) groups is 1. The predicted molar refractivity (Wildman–Crippen MR) is 99.4 cm³/mol. The number of carbonyl (C=O) groups excluding carboxylic acids is 1. The number of aromatic nitrogens is 2. The summed E-state index contributed by atoms with van der Waals surface area (Å²) in [4.78, 5) is 16.8. The second-order valence-corrected chi connectivity index (χ2v) is 7.23. The van der Waals surface area contributed by atoms with E-state index in [2.05, 4.69) is 17.2 Å².